The largest absolute Gasteiger partial charge is 0.441 e. The van der Waals surface area contributed by atoms with Crippen molar-refractivity contribution in [3.8, 4) is 6.07 Å². The Morgan fingerprint density at radius 2 is 2.07 bits per heavy atom. The molecule has 30 heavy (non-hydrogen) atoms. The van der Waals surface area contributed by atoms with Crippen LogP contribution in [-0.4, -0.2) is 97.3 Å². The second-order valence-corrected chi connectivity index (χ2v) is 9.01. The predicted molar refractivity (Wildman–Crippen MR) is 114 cm³/mol. The molecule has 3 fully saturated rings. The first-order chi connectivity index (χ1) is 14.5. The number of carbonyl (C=O) groups excluding carboxylic acids is 1. The molecule has 1 aromatic heterocycles. The highest BCUT2D eigenvalue weighted by Crippen LogP contribution is 2.34. The van der Waals surface area contributed by atoms with Gasteiger partial charge in [-0.15, -0.1) is 0 Å². The molecule has 0 N–H and O–H groups in total. The summed E-state index contributed by atoms with van der Waals surface area (Å²) in [6.07, 6.45) is 3.64. The van der Waals surface area contributed by atoms with Gasteiger partial charge in [0.2, 0.25) is 0 Å². The van der Waals surface area contributed by atoms with Crippen molar-refractivity contribution in [2.45, 2.75) is 37.3 Å². The Hall–Kier alpha value is -2.37. The third-order valence-corrected chi connectivity index (χ3v) is 6.77. The summed E-state index contributed by atoms with van der Waals surface area (Å²) in [5, 5.41) is 9.06. The number of amides is 1. The molecule has 8 heteroatoms. The lowest BCUT2D eigenvalue weighted by Gasteiger charge is -2.38. The number of hydrogen-bond donors (Lipinski definition) is 0. The first-order valence-corrected chi connectivity index (χ1v) is 11.0. The number of rotatable bonds is 6. The van der Waals surface area contributed by atoms with Gasteiger partial charge in [0, 0.05) is 45.1 Å². The maximum absolute atomic E-state index is 12.5. The predicted octanol–water partition coefficient (Wildman–Crippen LogP) is 1.77. The van der Waals surface area contributed by atoms with Gasteiger partial charge in [-0.2, -0.15) is 5.26 Å². The van der Waals surface area contributed by atoms with Crippen molar-refractivity contribution in [1.82, 2.24) is 19.7 Å². The van der Waals surface area contributed by atoms with E-state index in [1.54, 1.807) is 6.07 Å². The number of pyridine rings is 1. The highest BCUT2D eigenvalue weighted by molar-refractivity contribution is 5.70. The third-order valence-electron chi connectivity index (χ3n) is 6.77. The Bertz CT molecular complexity index is 799. The molecule has 4 heterocycles. The molecule has 4 rings (SSSR count). The molecule has 0 unspecified atom stereocenters. The summed E-state index contributed by atoms with van der Waals surface area (Å²) >= 11 is 0. The zero-order valence-electron chi connectivity index (χ0n) is 18.1. The average molecular weight is 413 g/mol. The van der Waals surface area contributed by atoms with Crippen LogP contribution in [-0.2, 0) is 4.74 Å². The fraction of sp³-hybridized carbons (Fsp3) is 0.682. The van der Waals surface area contributed by atoms with Crippen LogP contribution >= 0.6 is 0 Å². The van der Waals surface area contributed by atoms with Crippen LogP contribution in [0.15, 0.2) is 18.2 Å². The van der Waals surface area contributed by atoms with Crippen LogP contribution in [0.3, 0.4) is 0 Å². The lowest BCUT2D eigenvalue weighted by Crippen LogP contribution is -2.47. The molecule has 0 aliphatic carbocycles. The normalized spacial score (nSPS) is 23.9. The zero-order valence-corrected chi connectivity index (χ0v) is 18.1. The molecule has 3 aliphatic rings. The Morgan fingerprint density at radius 1 is 1.27 bits per heavy atom. The lowest BCUT2D eigenvalue weighted by molar-refractivity contribution is 0.0366. The molecule has 0 bridgehead atoms. The van der Waals surface area contributed by atoms with Crippen molar-refractivity contribution >= 4 is 11.9 Å². The Labute approximate surface area is 179 Å². The third kappa shape index (κ3) is 4.52. The number of ether oxygens (including phenoxy) is 1. The number of anilines is 1. The zero-order chi connectivity index (χ0) is 21.1. The Morgan fingerprint density at radius 3 is 2.77 bits per heavy atom. The number of aromatic nitrogens is 1. The van der Waals surface area contributed by atoms with Gasteiger partial charge in [0.1, 0.15) is 23.2 Å². The van der Waals surface area contributed by atoms with Gasteiger partial charge in [0.05, 0.1) is 6.54 Å². The quantitative estimate of drug-likeness (QED) is 0.705. The van der Waals surface area contributed by atoms with Gasteiger partial charge in [-0.05, 0) is 52.2 Å². The molecule has 0 radical (unpaired) electrons. The Kier molecular flexibility index (Phi) is 6.11. The second kappa shape index (κ2) is 8.78. The topological polar surface area (TPSA) is 75.9 Å². The summed E-state index contributed by atoms with van der Waals surface area (Å²) in [5.41, 5.74) is 0.0607. The van der Waals surface area contributed by atoms with E-state index in [9.17, 15) is 4.79 Å². The maximum Gasteiger partial charge on any atom is 0.410 e. The molecular weight excluding hydrogens is 380 g/mol. The van der Waals surface area contributed by atoms with E-state index in [0.717, 1.165) is 64.3 Å². The summed E-state index contributed by atoms with van der Waals surface area (Å²) in [4.78, 5) is 25.7. The number of nitrogens with zero attached hydrogens (tertiary/aromatic N) is 6. The van der Waals surface area contributed by atoms with Crippen LogP contribution in [0.4, 0.5) is 10.6 Å². The van der Waals surface area contributed by atoms with Crippen molar-refractivity contribution in [2.75, 3.05) is 64.8 Å². The smallest absolute Gasteiger partial charge is 0.410 e. The van der Waals surface area contributed by atoms with Crippen molar-refractivity contribution < 1.29 is 9.53 Å². The molecule has 3 saturated heterocycles. The van der Waals surface area contributed by atoms with Crippen LogP contribution in [0, 0.1) is 11.3 Å². The second-order valence-electron chi connectivity index (χ2n) is 9.01. The standard InChI is InChI=1S/C22H32N6O2/c1-25(2)19-7-12-26(16-19)10-4-11-28-17-22(30-21(28)29)8-13-27(14-9-22)20-6-3-5-18(15-23)24-20/h3,5-6,19H,4,7-14,16-17H2,1-2H3/t19-/m0/s1. The number of hydrogen-bond acceptors (Lipinski definition) is 7. The number of piperidine rings is 1. The summed E-state index contributed by atoms with van der Waals surface area (Å²) in [5.74, 6) is 0.826. The minimum Gasteiger partial charge on any atom is -0.441 e. The SMILES string of the molecule is CN(C)[C@H]1CCN(CCCN2CC3(CCN(c4cccc(C#N)n4)CC3)OC2=O)C1. The Balaban J connectivity index is 1.24. The van der Waals surface area contributed by atoms with Crippen LogP contribution in [0.5, 0.6) is 0 Å². The van der Waals surface area contributed by atoms with Crippen molar-refractivity contribution in [3.63, 3.8) is 0 Å². The monoisotopic (exact) mass is 412 g/mol. The van der Waals surface area contributed by atoms with E-state index >= 15 is 0 Å². The highest BCUT2D eigenvalue weighted by atomic mass is 16.6. The van der Waals surface area contributed by atoms with Gasteiger partial charge in [-0.1, -0.05) is 6.07 Å². The summed E-state index contributed by atoms with van der Waals surface area (Å²) in [7, 11) is 4.30. The van der Waals surface area contributed by atoms with E-state index in [2.05, 4.69) is 39.8 Å². The fourth-order valence-corrected chi connectivity index (χ4v) is 4.85. The van der Waals surface area contributed by atoms with Crippen molar-refractivity contribution in [3.05, 3.63) is 23.9 Å². The molecule has 0 aromatic carbocycles. The van der Waals surface area contributed by atoms with E-state index in [0.29, 0.717) is 18.3 Å². The summed E-state index contributed by atoms with van der Waals surface area (Å²) in [6, 6.07) is 8.26. The molecule has 1 atom stereocenters. The van der Waals surface area contributed by atoms with Crippen LogP contribution < -0.4 is 4.90 Å². The van der Waals surface area contributed by atoms with Gasteiger partial charge in [-0.25, -0.2) is 9.78 Å². The van der Waals surface area contributed by atoms with E-state index in [1.807, 2.05) is 17.0 Å². The van der Waals surface area contributed by atoms with Crippen molar-refractivity contribution in [1.29, 1.82) is 5.26 Å². The molecule has 0 saturated carbocycles. The molecule has 8 nitrogen and oxygen atoms in total. The minimum atomic E-state index is -0.371. The molecule has 162 valence electrons. The molecule has 3 aliphatic heterocycles. The number of nitriles is 1. The van der Waals surface area contributed by atoms with Crippen LogP contribution in [0.1, 0.15) is 31.4 Å². The van der Waals surface area contributed by atoms with E-state index in [1.165, 1.54) is 6.42 Å². The summed E-state index contributed by atoms with van der Waals surface area (Å²) in [6.45, 7) is 6.32. The molecule has 1 amide bonds. The number of likely N-dealkylation sites (N-methyl/N-ethyl adjacent to an activating group) is 1. The minimum absolute atomic E-state index is 0.166. The first-order valence-electron chi connectivity index (χ1n) is 11.0. The lowest BCUT2D eigenvalue weighted by atomic mass is 9.91. The van der Waals surface area contributed by atoms with Crippen molar-refractivity contribution in [2.24, 2.45) is 0 Å². The molecule has 1 spiro atoms. The van der Waals surface area contributed by atoms with Gasteiger partial charge < -0.3 is 24.3 Å². The van der Waals surface area contributed by atoms with Gasteiger partial charge in [-0.3, -0.25) is 0 Å². The van der Waals surface area contributed by atoms with E-state index < -0.39 is 0 Å². The average Bonchev–Trinajstić information content (AvgIpc) is 3.34. The first kappa shape index (κ1) is 20.9. The summed E-state index contributed by atoms with van der Waals surface area (Å²) < 4.78 is 5.87. The highest BCUT2D eigenvalue weighted by Gasteiger charge is 2.46. The van der Waals surface area contributed by atoms with E-state index in [-0.39, 0.29) is 11.7 Å². The number of carbonyl (C=O) groups is 1. The fourth-order valence-electron chi connectivity index (χ4n) is 4.85. The molecular formula is C22H32N6O2. The van der Waals surface area contributed by atoms with Gasteiger partial charge >= 0.3 is 6.09 Å². The number of likely N-dealkylation sites (tertiary alicyclic amines) is 1. The molecule has 1 aromatic rings. The van der Waals surface area contributed by atoms with Gasteiger partial charge in [0.25, 0.3) is 0 Å². The maximum atomic E-state index is 12.5. The van der Waals surface area contributed by atoms with Crippen LogP contribution in [0.25, 0.3) is 0 Å². The van der Waals surface area contributed by atoms with Crippen LogP contribution in [0.2, 0.25) is 0 Å². The van der Waals surface area contributed by atoms with E-state index in [4.69, 9.17) is 10.00 Å². The van der Waals surface area contributed by atoms with Gasteiger partial charge in [0.15, 0.2) is 0 Å².